The first kappa shape index (κ1) is 11.4. The van der Waals surface area contributed by atoms with Gasteiger partial charge < -0.3 is 15.2 Å². The van der Waals surface area contributed by atoms with Gasteiger partial charge in [0.15, 0.2) is 0 Å². The molecule has 2 N–H and O–H groups in total. The molecule has 1 aromatic rings. The van der Waals surface area contributed by atoms with Crippen molar-refractivity contribution in [1.29, 1.82) is 0 Å². The molecular weight excluding hydrogens is 202 g/mol. The Kier molecular flexibility index (Phi) is 4.19. The Balaban J connectivity index is 1.95. The third-order valence-electron chi connectivity index (χ3n) is 2.88. The van der Waals surface area contributed by atoms with E-state index in [4.69, 9.17) is 15.2 Å². The summed E-state index contributed by atoms with van der Waals surface area (Å²) in [6.45, 7) is 3.09. The van der Waals surface area contributed by atoms with E-state index < -0.39 is 0 Å². The molecule has 3 heteroatoms. The van der Waals surface area contributed by atoms with Gasteiger partial charge in [0, 0.05) is 12.5 Å². The third kappa shape index (κ3) is 2.97. The van der Waals surface area contributed by atoms with Crippen LogP contribution in [0.3, 0.4) is 0 Å². The molecule has 0 aliphatic carbocycles. The molecule has 16 heavy (non-hydrogen) atoms. The molecule has 1 aromatic carbocycles. The summed E-state index contributed by atoms with van der Waals surface area (Å²) in [7, 11) is 0. The summed E-state index contributed by atoms with van der Waals surface area (Å²) in [6.07, 6.45) is 2.02. The van der Waals surface area contributed by atoms with Crippen molar-refractivity contribution in [1.82, 2.24) is 0 Å². The summed E-state index contributed by atoms with van der Waals surface area (Å²) < 4.78 is 11.0. The van der Waals surface area contributed by atoms with E-state index in [1.165, 1.54) is 5.56 Å². The molecule has 2 rings (SSSR count). The molecule has 0 aromatic heterocycles. The smallest absolute Gasteiger partial charge is 0.119 e. The van der Waals surface area contributed by atoms with E-state index in [0.29, 0.717) is 19.1 Å². The largest absolute Gasteiger partial charge is 0.494 e. The maximum absolute atomic E-state index is 5.63. The van der Waals surface area contributed by atoms with Crippen molar-refractivity contribution in [3.05, 3.63) is 29.8 Å². The second-order valence-corrected chi connectivity index (χ2v) is 4.12. The normalized spacial score (nSPS) is 19.9. The van der Waals surface area contributed by atoms with Crippen LogP contribution in [0.4, 0.5) is 0 Å². The van der Waals surface area contributed by atoms with Crippen LogP contribution < -0.4 is 10.5 Å². The van der Waals surface area contributed by atoms with Gasteiger partial charge in [-0.2, -0.15) is 0 Å². The number of rotatable bonds is 5. The molecule has 0 radical (unpaired) electrons. The van der Waals surface area contributed by atoms with Crippen LogP contribution in [0.1, 0.15) is 24.3 Å². The Labute approximate surface area is 96.5 Å². The molecule has 1 aliphatic heterocycles. The Bertz CT molecular complexity index is 321. The lowest BCUT2D eigenvalue weighted by molar-refractivity contribution is 0.194. The molecule has 3 nitrogen and oxygen atoms in total. The zero-order valence-corrected chi connectivity index (χ0v) is 9.52. The van der Waals surface area contributed by atoms with E-state index in [-0.39, 0.29) is 0 Å². The zero-order chi connectivity index (χ0) is 11.2. The number of benzene rings is 1. The Morgan fingerprint density at radius 1 is 1.44 bits per heavy atom. The number of nitrogens with two attached hydrogens (primary N) is 1. The standard InChI is InChI=1S/C13H19NO2/c14-6-2-7-16-13-4-1-3-11(9-13)12-5-8-15-10-12/h1,3-4,9,12H,2,5-8,10,14H2. The van der Waals surface area contributed by atoms with Crippen LogP contribution in [0.15, 0.2) is 24.3 Å². The van der Waals surface area contributed by atoms with E-state index in [1.54, 1.807) is 0 Å². The van der Waals surface area contributed by atoms with E-state index in [1.807, 2.05) is 12.1 Å². The van der Waals surface area contributed by atoms with Crippen molar-refractivity contribution in [3.63, 3.8) is 0 Å². The van der Waals surface area contributed by atoms with Crippen molar-refractivity contribution in [2.75, 3.05) is 26.4 Å². The fourth-order valence-electron chi connectivity index (χ4n) is 1.93. The predicted octanol–water partition coefficient (Wildman–Crippen LogP) is 1.92. The fraction of sp³-hybridized carbons (Fsp3) is 0.538. The van der Waals surface area contributed by atoms with Crippen LogP contribution in [-0.4, -0.2) is 26.4 Å². The second kappa shape index (κ2) is 5.87. The van der Waals surface area contributed by atoms with Crippen molar-refractivity contribution < 1.29 is 9.47 Å². The summed E-state index contributed by atoms with van der Waals surface area (Å²) in [6, 6.07) is 8.31. The Morgan fingerprint density at radius 3 is 3.12 bits per heavy atom. The van der Waals surface area contributed by atoms with Gasteiger partial charge in [0.2, 0.25) is 0 Å². The third-order valence-corrected chi connectivity index (χ3v) is 2.88. The van der Waals surface area contributed by atoms with Gasteiger partial charge in [-0.15, -0.1) is 0 Å². The van der Waals surface area contributed by atoms with E-state index in [0.717, 1.165) is 31.8 Å². The van der Waals surface area contributed by atoms with E-state index in [9.17, 15) is 0 Å². The molecule has 1 saturated heterocycles. The summed E-state index contributed by atoms with van der Waals surface area (Å²) >= 11 is 0. The number of hydrogen-bond acceptors (Lipinski definition) is 3. The topological polar surface area (TPSA) is 44.5 Å². The highest BCUT2D eigenvalue weighted by Crippen LogP contribution is 2.27. The first-order valence-corrected chi connectivity index (χ1v) is 5.90. The Hall–Kier alpha value is -1.06. The minimum atomic E-state index is 0.540. The maximum atomic E-state index is 5.63. The SMILES string of the molecule is NCCCOc1cccc(C2CCOC2)c1. The second-order valence-electron chi connectivity index (χ2n) is 4.12. The van der Waals surface area contributed by atoms with Crippen molar-refractivity contribution in [2.45, 2.75) is 18.8 Å². The van der Waals surface area contributed by atoms with Gasteiger partial charge in [-0.1, -0.05) is 12.1 Å². The monoisotopic (exact) mass is 221 g/mol. The summed E-state index contributed by atoms with van der Waals surface area (Å²) in [5.74, 6) is 1.48. The van der Waals surface area contributed by atoms with Crippen LogP contribution >= 0.6 is 0 Å². The molecule has 0 bridgehead atoms. The highest BCUT2D eigenvalue weighted by atomic mass is 16.5. The van der Waals surface area contributed by atoms with Gasteiger partial charge >= 0.3 is 0 Å². The molecule has 1 atom stereocenters. The van der Waals surface area contributed by atoms with Gasteiger partial charge in [0.05, 0.1) is 13.2 Å². The molecule has 1 heterocycles. The quantitative estimate of drug-likeness (QED) is 0.772. The van der Waals surface area contributed by atoms with Crippen LogP contribution in [0.2, 0.25) is 0 Å². The first-order chi connectivity index (χ1) is 7.90. The highest BCUT2D eigenvalue weighted by Gasteiger charge is 2.17. The molecule has 1 fully saturated rings. The van der Waals surface area contributed by atoms with E-state index in [2.05, 4.69) is 12.1 Å². The lowest BCUT2D eigenvalue weighted by Crippen LogP contribution is -2.06. The number of hydrogen-bond donors (Lipinski definition) is 1. The lowest BCUT2D eigenvalue weighted by Gasteiger charge is -2.10. The van der Waals surface area contributed by atoms with Crippen LogP contribution in [0, 0.1) is 0 Å². The molecule has 0 amide bonds. The van der Waals surface area contributed by atoms with Gasteiger partial charge in [-0.25, -0.2) is 0 Å². The average Bonchev–Trinajstić information content (AvgIpc) is 2.83. The summed E-state index contributed by atoms with van der Waals surface area (Å²) in [5, 5.41) is 0. The molecule has 1 aliphatic rings. The number of ether oxygens (including phenoxy) is 2. The maximum Gasteiger partial charge on any atom is 0.119 e. The molecular formula is C13H19NO2. The van der Waals surface area contributed by atoms with Gasteiger partial charge in [-0.05, 0) is 37.1 Å². The van der Waals surface area contributed by atoms with Crippen molar-refractivity contribution in [2.24, 2.45) is 5.73 Å². The van der Waals surface area contributed by atoms with Crippen LogP contribution in [-0.2, 0) is 4.74 Å². The van der Waals surface area contributed by atoms with Crippen LogP contribution in [0.5, 0.6) is 5.75 Å². The summed E-state index contributed by atoms with van der Waals surface area (Å²) in [4.78, 5) is 0. The zero-order valence-electron chi connectivity index (χ0n) is 9.52. The molecule has 0 spiro atoms. The van der Waals surface area contributed by atoms with E-state index >= 15 is 0 Å². The minimum absolute atomic E-state index is 0.540. The fourth-order valence-corrected chi connectivity index (χ4v) is 1.93. The van der Waals surface area contributed by atoms with Gasteiger partial charge in [0.1, 0.15) is 5.75 Å². The molecule has 88 valence electrons. The van der Waals surface area contributed by atoms with Crippen molar-refractivity contribution >= 4 is 0 Å². The minimum Gasteiger partial charge on any atom is -0.494 e. The lowest BCUT2D eigenvalue weighted by atomic mass is 9.98. The first-order valence-electron chi connectivity index (χ1n) is 5.90. The van der Waals surface area contributed by atoms with Gasteiger partial charge in [-0.3, -0.25) is 0 Å². The average molecular weight is 221 g/mol. The molecule has 1 unspecified atom stereocenters. The van der Waals surface area contributed by atoms with Crippen LogP contribution in [0.25, 0.3) is 0 Å². The Morgan fingerprint density at radius 2 is 2.38 bits per heavy atom. The van der Waals surface area contributed by atoms with Gasteiger partial charge in [0.25, 0.3) is 0 Å². The predicted molar refractivity (Wildman–Crippen MR) is 63.8 cm³/mol. The summed E-state index contributed by atoms with van der Waals surface area (Å²) in [5.41, 5.74) is 6.75. The van der Waals surface area contributed by atoms with Crippen molar-refractivity contribution in [3.8, 4) is 5.75 Å². The molecule has 0 saturated carbocycles. The highest BCUT2D eigenvalue weighted by molar-refractivity contribution is 5.31.